The number of carbonyl (C=O) groups excluding carboxylic acids is 1. The number of carbonyl (C=O) groups is 2. The molecule has 0 atom stereocenters. The van der Waals surface area contributed by atoms with Gasteiger partial charge in [0.15, 0.2) is 6.29 Å². The van der Waals surface area contributed by atoms with Gasteiger partial charge in [-0.25, -0.2) is 4.79 Å². The highest BCUT2D eigenvalue weighted by Gasteiger charge is 2.11. The minimum absolute atomic E-state index is 0.207. The average Bonchev–Trinajstić information content (AvgIpc) is 2.73. The normalized spacial score (nSPS) is 10.7. The van der Waals surface area contributed by atoms with Gasteiger partial charge in [-0.1, -0.05) is 13.3 Å². The maximum Gasteiger partial charge on any atom is 0.335 e. The van der Waals surface area contributed by atoms with Crippen LogP contribution in [-0.2, 0) is 6.54 Å². The standard InChI is InChI=1S/C14H15NO3/c1-2-3-6-15-8-11(9-16)12-7-10(14(17)18)4-5-13(12)15/h4-5,7-9H,2-3,6H2,1H3,(H,17,18). The number of benzene rings is 1. The third-order valence-corrected chi connectivity index (χ3v) is 3.04. The van der Waals surface area contributed by atoms with Crippen molar-refractivity contribution in [1.29, 1.82) is 0 Å². The fourth-order valence-electron chi connectivity index (χ4n) is 2.07. The Kier molecular flexibility index (Phi) is 3.46. The fraction of sp³-hybridized carbons (Fsp3) is 0.286. The number of hydrogen-bond acceptors (Lipinski definition) is 2. The average molecular weight is 245 g/mol. The summed E-state index contributed by atoms with van der Waals surface area (Å²) in [5.41, 5.74) is 1.67. The highest BCUT2D eigenvalue weighted by molar-refractivity contribution is 6.01. The lowest BCUT2D eigenvalue weighted by atomic mass is 10.1. The van der Waals surface area contributed by atoms with Gasteiger partial charge in [0.2, 0.25) is 0 Å². The number of aryl methyl sites for hydroxylation is 1. The van der Waals surface area contributed by atoms with E-state index < -0.39 is 5.97 Å². The molecule has 0 saturated carbocycles. The second-order valence-electron chi connectivity index (χ2n) is 4.29. The Labute approximate surface area is 105 Å². The minimum atomic E-state index is -0.977. The number of carboxylic acid groups (broad SMARTS) is 1. The molecule has 0 unspecified atom stereocenters. The van der Waals surface area contributed by atoms with Crippen LogP contribution in [0.25, 0.3) is 10.9 Å². The number of nitrogens with zero attached hydrogens (tertiary/aromatic N) is 1. The second kappa shape index (κ2) is 5.04. The summed E-state index contributed by atoms with van der Waals surface area (Å²) >= 11 is 0. The third kappa shape index (κ3) is 2.14. The first kappa shape index (κ1) is 12.4. The first-order chi connectivity index (χ1) is 8.67. The van der Waals surface area contributed by atoms with Crippen molar-refractivity contribution in [3.8, 4) is 0 Å². The molecule has 0 amide bonds. The minimum Gasteiger partial charge on any atom is -0.478 e. The van der Waals surface area contributed by atoms with E-state index in [-0.39, 0.29) is 5.56 Å². The lowest BCUT2D eigenvalue weighted by Gasteiger charge is -2.03. The van der Waals surface area contributed by atoms with Gasteiger partial charge < -0.3 is 9.67 Å². The molecule has 4 heteroatoms. The van der Waals surface area contributed by atoms with Crippen molar-refractivity contribution in [2.45, 2.75) is 26.3 Å². The second-order valence-corrected chi connectivity index (χ2v) is 4.29. The monoisotopic (exact) mass is 245 g/mol. The van der Waals surface area contributed by atoms with Crippen LogP contribution in [0.5, 0.6) is 0 Å². The van der Waals surface area contributed by atoms with Gasteiger partial charge in [-0.3, -0.25) is 4.79 Å². The Morgan fingerprint density at radius 2 is 2.22 bits per heavy atom. The molecule has 1 aromatic heterocycles. The number of aldehydes is 1. The smallest absolute Gasteiger partial charge is 0.335 e. The maximum atomic E-state index is 11.0. The van der Waals surface area contributed by atoms with Crippen molar-refractivity contribution in [2.24, 2.45) is 0 Å². The Balaban J connectivity index is 2.56. The van der Waals surface area contributed by atoms with E-state index >= 15 is 0 Å². The van der Waals surface area contributed by atoms with Gasteiger partial charge in [0.05, 0.1) is 5.56 Å². The van der Waals surface area contributed by atoms with E-state index in [1.807, 2.05) is 4.57 Å². The van der Waals surface area contributed by atoms with Crippen LogP contribution < -0.4 is 0 Å². The molecule has 0 aliphatic heterocycles. The Hall–Kier alpha value is -2.10. The molecule has 18 heavy (non-hydrogen) atoms. The number of fused-ring (bicyclic) bond motifs is 1. The Morgan fingerprint density at radius 1 is 1.44 bits per heavy atom. The quantitative estimate of drug-likeness (QED) is 0.824. The van der Waals surface area contributed by atoms with Crippen LogP contribution >= 0.6 is 0 Å². The zero-order valence-electron chi connectivity index (χ0n) is 10.2. The van der Waals surface area contributed by atoms with E-state index in [4.69, 9.17) is 5.11 Å². The summed E-state index contributed by atoms with van der Waals surface area (Å²) in [4.78, 5) is 22.0. The van der Waals surface area contributed by atoms with Crippen molar-refractivity contribution in [1.82, 2.24) is 4.57 Å². The molecule has 2 aromatic rings. The highest BCUT2D eigenvalue weighted by atomic mass is 16.4. The Bertz CT molecular complexity index is 598. The zero-order valence-corrected chi connectivity index (χ0v) is 10.2. The SMILES string of the molecule is CCCCn1cc(C=O)c2cc(C(=O)O)ccc21. The van der Waals surface area contributed by atoms with Crippen molar-refractivity contribution in [3.63, 3.8) is 0 Å². The molecule has 0 radical (unpaired) electrons. The van der Waals surface area contributed by atoms with Crippen LogP contribution in [0, 0.1) is 0 Å². The van der Waals surface area contributed by atoms with E-state index in [1.54, 1.807) is 24.4 Å². The van der Waals surface area contributed by atoms with Crippen LogP contribution in [0.2, 0.25) is 0 Å². The molecule has 94 valence electrons. The number of unbranched alkanes of at least 4 members (excludes halogenated alkanes) is 1. The predicted molar refractivity (Wildman–Crippen MR) is 69.2 cm³/mol. The van der Waals surface area contributed by atoms with Gasteiger partial charge in [-0.2, -0.15) is 0 Å². The number of rotatable bonds is 5. The lowest BCUT2D eigenvalue weighted by molar-refractivity contribution is 0.0697. The van der Waals surface area contributed by atoms with Gasteiger partial charge in [0, 0.05) is 29.2 Å². The zero-order chi connectivity index (χ0) is 13.1. The molecule has 0 aliphatic rings. The van der Waals surface area contributed by atoms with Gasteiger partial charge in [-0.15, -0.1) is 0 Å². The van der Waals surface area contributed by atoms with Crippen LogP contribution in [0.3, 0.4) is 0 Å². The molecule has 0 bridgehead atoms. The Morgan fingerprint density at radius 3 is 2.83 bits per heavy atom. The van der Waals surface area contributed by atoms with E-state index in [1.165, 1.54) is 0 Å². The van der Waals surface area contributed by atoms with E-state index in [0.717, 1.165) is 31.2 Å². The molecule has 2 rings (SSSR count). The number of aromatic nitrogens is 1. The predicted octanol–water partition coefficient (Wildman–Crippen LogP) is 2.95. The van der Waals surface area contributed by atoms with Crippen molar-refractivity contribution in [3.05, 3.63) is 35.5 Å². The molecule has 0 fully saturated rings. The van der Waals surface area contributed by atoms with Crippen LogP contribution in [0.1, 0.15) is 40.5 Å². The van der Waals surface area contributed by atoms with Crippen molar-refractivity contribution < 1.29 is 14.7 Å². The number of aromatic carboxylic acids is 1. The van der Waals surface area contributed by atoms with Crippen LogP contribution in [-0.4, -0.2) is 21.9 Å². The summed E-state index contributed by atoms with van der Waals surface area (Å²) in [7, 11) is 0. The number of hydrogen-bond donors (Lipinski definition) is 1. The van der Waals surface area contributed by atoms with Gasteiger partial charge in [0.25, 0.3) is 0 Å². The molecule has 4 nitrogen and oxygen atoms in total. The first-order valence-corrected chi connectivity index (χ1v) is 5.98. The molecule has 0 aliphatic carbocycles. The molecule has 0 spiro atoms. The van der Waals surface area contributed by atoms with Gasteiger partial charge in [-0.05, 0) is 24.6 Å². The summed E-state index contributed by atoms with van der Waals surface area (Å²) in [6.45, 7) is 2.95. The van der Waals surface area contributed by atoms with E-state index in [9.17, 15) is 9.59 Å². The summed E-state index contributed by atoms with van der Waals surface area (Å²) in [6, 6.07) is 4.90. The molecule has 1 heterocycles. The first-order valence-electron chi connectivity index (χ1n) is 5.98. The highest BCUT2D eigenvalue weighted by Crippen LogP contribution is 2.22. The lowest BCUT2D eigenvalue weighted by Crippen LogP contribution is -1.97. The van der Waals surface area contributed by atoms with Crippen molar-refractivity contribution >= 4 is 23.2 Å². The summed E-state index contributed by atoms with van der Waals surface area (Å²) < 4.78 is 2.01. The summed E-state index contributed by atoms with van der Waals surface area (Å²) in [5.74, 6) is -0.977. The van der Waals surface area contributed by atoms with E-state index in [2.05, 4.69) is 6.92 Å². The largest absolute Gasteiger partial charge is 0.478 e. The molecular weight excluding hydrogens is 230 g/mol. The topological polar surface area (TPSA) is 59.3 Å². The molecule has 0 saturated heterocycles. The summed E-state index contributed by atoms with van der Waals surface area (Å²) in [5, 5.41) is 9.67. The fourth-order valence-corrected chi connectivity index (χ4v) is 2.07. The molecule has 1 aromatic carbocycles. The van der Waals surface area contributed by atoms with Crippen LogP contribution in [0.15, 0.2) is 24.4 Å². The number of carboxylic acids is 1. The summed E-state index contributed by atoms with van der Waals surface area (Å²) in [6.07, 6.45) is 4.67. The van der Waals surface area contributed by atoms with Crippen LogP contribution in [0.4, 0.5) is 0 Å². The third-order valence-electron chi connectivity index (χ3n) is 3.04. The van der Waals surface area contributed by atoms with Gasteiger partial charge >= 0.3 is 5.97 Å². The van der Waals surface area contributed by atoms with Gasteiger partial charge in [0.1, 0.15) is 0 Å². The maximum absolute atomic E-state index is 11.0. The molecule has 1 N–H and O–H groups in total. The molecular formula is C14H15NO3. The van der Waals surface area contributed by atoms with E-state index in [0.29, 0.717) is 10.9 Å². The van der Waals surface area contributed by atoms with Crippen molar-refractivity contribution in [2.75, 3.05) is 0 Å².